The van der Waals surface area contributed by atoms with Crippen LogP contribution < -0.4 is 10.6 Å². The molecule has 5 heteroatoms. The third kappa shape index (κ3) is 6.89. The second-order valence-electron chi connectivity index (χ2n) is 5.52. The molecular formula is C14H29N3O2. The lowest BCUT2D eigenvalue weighted by molar-refractivity contribution is -0.126. The van der Waals surface area contributed by atoms with Crippen molar-refractivity contribution in [1.29, 1.82) is 0 Å². The predicted molar refractivity (Wildman–Crippen MR) is 77.2 cm³/mol. The Morgan fingerprint density at radius 3 is 2.95 bits per heavy atom. The molecule has 0 spiro atoms. The Morgan fingerprint density at radius 1 is 1.47 bits per heavy atom. The van der Waals surface area contributed by atoms with Crippen LogP contribution in [0.3, 0.4) is 0 Å². The van der Waals surface area contributed by atoms with Crippen molar-refractivity contribution in [3.8, 4) is 0 Å². The molecule has 1 aliphatic rings. The average Bonchev–Trinajstić information content (AvgIpc) is 2.39. The molecule has 1 heterocycles. The van der Waals surface area contributed by atoms with Gasteiger partial charge in [-0.25, -0.2) is 0 Å². The Morgan fingerprint density at radius 2 is 2.26 bits per heavy atom. The molecule has 1 rings (SSSR count). The molecular weight excluding hydrogens is 242 g/mol. The summed E-state index contributed by atoms with van der Waals surface area (Å²) in [7, 11) is 3.80. The highest BCUT2D eigenvalue weighted by Crippen LogP contribution is 2.15. The number of amides is 1. The summed E-state index contributed by atoms with van der Waals surface area (Å²) in [6, 6.07) is 0.459. The van der Waals surface area contributed by atoms with Crippen molar-refractivity contribution < 1.29 is 9.53 Å². The first kappa shape index (κ1) is 16.4. The van der Waals surface area contributed by atoms with Gasteiger partial charge in [0, 0.05) is 45.3 Å². The number of hydrogen-bond donors (Lipinski definition) is 2. The summed E-state index contributed by atoms with van der Waals surface area (Å²) in [5.41, 5.74) is 0. The molecule has 0 aromatic rings. The Balaban J connectivity index is 2.09. The molecule has 112 valence electrons. The van der Waals surface area contributed by atoms with Gasteiger partial charge < -0.3 is 20.3 Å². The normalized spacial score (nSPS) is 23.6. The van der Waals surface area contributed by atoms with Gasteiger partial charge in [-0.15, -0.1) is 0 Å². The lowest BCUT2D eigenvalue weighted by atomic mass is 9.92. The fourth-order valence-electron chi connectivity index (χ4n) is 2.47. The molecule has 0 aliphatic carbocycles. The minimum absolute atomic E-state index is 0.190. The summed E-state index contributed by atoms with van der Waals surface area (Å²) in [4.78, 5) is 14.2. The quantitative estimate of drug-likeness (QED) is 0.630. The first-order chi connectivity index (χ1) is 9.13. The zero-order chi connectivity index (χ0) is 14.1. The van der Waals surface area contributed by atoms with Gasteiger partial charge >= 0.3 is 0 Å². The van der Waals surface area contributed by atoms with Crippen molar-refractivity contribution >= 4 is 5.91 Å². The number of likely N-dealkylation sites (N-methyl/N-ethyl adjacent to an activating group) is 1. The summed E-state index contributed by atoms with van der Waals surface area (Å²) in [5, 5.41) is 6.42. The standard InChI is InChI=1S/C14H29N3O2/c1-12-11-13(5-6-15-12)14(18)16-7-9-17(2)8-4-10-19-3/h12-13,15H,4-11H2,1-3H3,(H,16,18)/t12-,13-/m0/s1. The molecule has 0 aromatic heterocycles. The predicted octanol–water partition coefficient (Wildman–Crippen LogP) is 0.459. The zero-order valence-corrected chi connectivity index (χ0v) is 12.6. The van der Waals surface area contributed by atoms with E-state index in [0.717, 1.165) is 52.0 Å². The molecule has 2 N–H and O–H groups in total. The molecule has 5 nitrogen and oxygen atoms in total. The number of carbonyl (C=O) groups is 1. The van der Waals surface area contributed by atoms with E-state index in [4.69, 9.17) is 4.74 Å². The summed E-state index contributed by atoms with van der Waals surface area (Å²) in [6.45, 7) is 6.54. The number of hydrogen-bond acceptors (Lipinski definition) is 4. The van der Waals surface area contributed by atoms with E-state index in [1.54, 1.807) is 7.11 Å². The molecule has 19 heavy (non-hydrogen) atoms. The van der Waals surface area contributed by atoms with Crippen molar-refractivity contribution in [3.63, 3.8) is 0 Å². The molecule has 0 aromatic carbocycles. The van der Waals surface area contributed by atoms with E-state index in [9.17, 15) is 4.79 Å². The van der Waals surface area contributed by atoms with Gasteiger partial charge in [0.15, 0.2) is 0 Å². The summed E-state index contributed by atoms with van der Waals surface area (Å²) >= 11 is 0. The van der Waals surface area contributed by atoms with Crippen molar-refractivity contribution in [2.75, 3.05) is 46.9 Å². The van der Waals surface area contributed by atoms with Gasteiger partial charge in [0.1, 0.15) is 0 Å². The van der Waals surface area contributed by atoms with Gasteiger partial charge in [0.05, 0.1) is 0 Å². The van der Waals surface area contributed by atoms with Crippen LogP contribution >= 0.6 is 0 Å². The number of methoxy groups -OCH3 is 1. The van der Waals surface area contributed by atoms with Crippen LogP contribution in [0.1, 0.15) is 26.2 Å². The highest BCUT2D eigenvalue weighted by Gasteiger charge is 2.24. The maximum Gasteiger partial charge on any atom is 0.223 e. The number of nitrogens with zero attached hydrogens (tertiary/aromatic N) is 1. The SMILES string of the molecule is COCCCN(C)CCNC(=O)[C@H]1CCN[C@@H](C)C1. The third-order valence-electron chi connectivity index (χ3n) is 3.68. The summed E-state index contributed by atoms with van der Waals surface area (Å²) in [6.07, 6.45) is 2.95. The Labute approximate surface area is 117 Å². The smallest absolute Gasteiger partial charge is 0.223 e. The second kappa shape index (κ2) is 9.28. The maximum absolute atomic E-state index is 12.0. The monoisotopic (exact) mass is 271 g/mol. The van der Waals surface area contributed by atoms with E-state index in [0.29, 0.717) is 6.04 Å². The fraction of sp³-hybridized carbons (Fsp3) is 0.929. The molecule has 1 amide bonds. The van der Waals surface area contributed by atoms with Gasteiger partial charge in [-0.2, -0.15) is 0 Å². The number of rotatable bonds is 8. The van der Waals surface area contributed by atoms with E-state index in [2.05, 4.69) is 29.5 Å². The van der Waals surface area contributed by atoms with Gasteiger partial charge in [-0.1, -0.05) is 0 Å². The van der Waals surface area contributed by atoms with Crippen molar-refractivity contribution in [2.24, 2.45) is 5.92 Å². The maximum atomic E-state index is 12.0. The number of ether oxygens (including phenoxy) is 1. The lowest BCUT2D eigenvalue weighted by Gasteiger charge is -2.27. The van der Waals surface area contributed by atoms with E-state index in [1.807, 2.05) is 0 Å². The van der Waals surface area contributed by atoms with E-state index in [-0.39, 0.29) is 11.8 Å². The van der Waals surface area contributed by atoms with Crippen LogP contribution in [0, 0.1) is 5.92 Å². The molecule has 2 atom stereocenters. The van der Waals surface area contributed by atoms with Crippen LogP contribution in [0.15, 0.2) is 0 Å². The molecule has 0 bridgehead atoms. The number of nitrogens with one attached hydrogen (secondary N) is 2. The number of carbonyl (C=O) groups excluding carboxylic acids is 1. The third-order valence-corrected chi connectivity index (χ3v) is 3.68. The van der Waals surface area contributed by atoms with Gasteiger partial charge in [0.25, 0.3) is 0 Å². The van der Waals surface area contributed by atoms with E-state index < -0.39 is 0 Å². The highest BCUT2D eigenvalue weighted by atomic mass is 16.5. The van der Waals surface area contributed by atoms with Crippen molar-refractivity contribution in [3.05, 3.63) is 0 Å². The van der Waals surface area contributed by atoms with Gasteiger partial charge in [-0.3, -0.25) is 4.79 Å². The zero-order valence-electron chi connectivity index (χ0n) is 12.6. The minimum Gasteiger partial charge on any atom is -0.385 e. The molecule has 0 radical (unpaired) electrons. The first-order valence-corrected chi connectivity index (χ1v) is 7.32. The topological polar surface area (TPSA) is 53.6 Å². The molecule has 1 fully saturated rings. The van der Waals surface area contributed by atoms with Crippen molar-refractivity contribution in [1.82, 2.24) is 15.5 Å². The van der Waals surface area contributed by atoms with Gasteiger partial charge in [-0.05, 0) is 39.8 Å². The molecule has 0 unspecified atom stereocenters. The van der Waals surface area contributed by atoms with Gasteiger partial charge in [0.2, 0.25) is 5.91 Å². The molecule has 1 saturated heterocycles. The largest absolute Gasteiger partial charge is 0.385 e. The first-order valence-electron chi connectivity index (χ1n) is 7.32. The second-order valence-corrected chi connectivity index (χ2v) is 5.52. The van der Waals surface area contributed by atoms with Crippen molar-refractivity contribution in [2.45, 2.75) is 32.2 Å². The average molecular weight is 271 g/mol. The highest BCUT2D eigenvalue weighted by molar-refractivity contribution is 5.78. The summed E-state index contributed by atoms with van der Waals surface area (Å²) in [5.74, 6) is 0.411. The minimum atomic E-state index is 0.190. The van der Waals surface area contributed by atoms with E-state index >= 15 is 0 Å². The van der Waals surface area contributed by atoms with Crippen LogP contribution in [0.25, 0.3) is 0 Å². The Kier molecular flexibility index (Phi) is 8.02. The van der Waals surface area contributed by atoms with Crippen LogP contribution in [0.2, 0.25) is 0 Å². The molecule has 0 saturated carbocycles. The van der Waals surface area contributed by atoms with Crippen LogP contribution in [-0.4, -0.2) is 63.8 Å². The van der Waals surface area contributed by atoms with Crippen LogP contribution in [0.4, 0.5) is 0 Å². The lowest BCUT2D eigenvalue weighted by Crippen LogP contribution is -2.43. The molecule has 1 aliphatic heterocycles. The number of piperidine rings is 1. The Bertz CT molecular complexity index is 261. The van der Waals surface area contributed by atoms with Crippen LogP contribution in [0.5, 0.6) is 0 Å². The Hall–Kier alpha value is -0.650. The fourth-order valence-corrected chi connectivity index (χ4v) is 2.47. The van der Waals surface area contributed by atoms with Crippen LogP contribution in [-0.2, 0) is 9.53 Å². The summed E-state index contributed by atoms with van der Waals surface area (Å²) < 4.78 is 5.02. The van der Waals surface area contributed by atoms with E-state index in [1.165, 1.54) is 0 Å².